The van der Waals surface area contributed by atoms with Crippen molar-refractivity contribution in [3.63, 3.8) is 0 Å². The van der Waals surface area contributed by atoms with Gasteiger partial charge in [0.2, 0.25) is 0 Å². The second-order valence-electron chi connectivity index (χ2n) is 6.03. The molecule has 120 valence electrons. The SMILES string of the molecule is O=C(NC1CCOC1)N(CCO)C1CCCc2ccccc21. The van der Waals surface area contributed by atoms with Crippen molar-refractivity contribution in [3.8, 4) is 0 Å². The van der Waals surface area contributed by atoms with E-state index in [2.05, 4.69) is 17.4 Å². The summed E-state index contributed by atoms with van der Waals surface area (Å²) in [5.41, 5.74) is 2.54. The van der Waals surface area contributed by atoms with Crippen molar-refractivity contribution in [2.75, 3.05) is 26.4 Å². The van der Waals surface area contributed by atoms with Crippen molar-refractivity contribution in [3.05, 3.63) is 35.4 Å². The summed E-state index contributed by atoms with van der Waals surface area (Å²) in [6, 6.07) is 8.37. The molecule has 1 saturated heterocycles. The average Bonchev–Trinajstić information content (AvgIpc) is 3.05. The summed E-state index contributed by atoms with van der Waals surface area (Å²) in [5.74, 6) is 0. The van der Waals surface area contributed by atoms with Crippen molar-refractivity contribution < 1.29 is 14.6 Å². The highest BCUT2D eigenvalue weighted by atomic mass is 16.5. The number of urea groups is 1. The highest BCUT2D eigenvalue weighted by molar-refractivity contribution is 5.75. The van der Waals surface area contributed by atoms with Gasteiger partial charge in [-0.15, -0.1) is 0 Å². The van der Waals surface area contributed by atoms with Crippen molar-refractivity contribution in [1.82, 2.24) is 10.2 Å². The van der Waals surface area contributed by atoms with Crippen LogP contribution in [0.3, 0.4) is 0 Å². The molecule has 1 aliphatic heterocycles. The average molecular weight is 304 g/mol. The molecule has 2 unspecified atom stereocenters. The van der Waals surface area contributed by atoms with E-state index >= 15 is 0 Å². The number of fused-ring (bicyclic) bond motifs is 1. The second-order valence-corrected chi connectivity index (χ2v) is 6.03. The molecule has 0 radical (unpaired) electrons. The van der Waals surface area contributed by atoms with Gasteiger partial charge in [0.05, 0.1) is 25.3 Å². The lowest BCUT2D eigenvalue weighted by Gasteiger charge is -2.36. The maximum absolute atomic E-state index is 12.6. The number of aliphatic hydroxyl groups is 1. The van der Waals surface area contributed by atoms with Crippen molar-refractivity contribution in [1.29, 1.82) is 0 Å². The smallest absolute Gasteiger partial charge is 0.318 e. The topological polar surface area (TPSA) is 61.8 Å². The van der Waals surface area contributed by atoms with E-state index in [1.165, 1.54) is 11.1 Å². The monoisotopic (exact) mass is 304 g/mol. The Morgan fingerprint density at radius 2 is 2.23 bits per heavy atom. The fraction of sp³-hybridized carbons (Fsp3) is 0.588. The predicted octanol–water partition coefficient (Wildman–Crippen LogP) is 1.86. The fourth-order valence-electron chi connectivity index (χ4n) is 3.46. The molecule has 1 aliphatic carbocycles. The third-order valence-corrected chi connectivity index (χ3v) is 4.57. The molecule has 3 rings (SSSR count). The van der Waals surface area contributed by atoms with E-state index in [9.17, 15) is 9.90 Å². The summed E-state index contributed by atoms with van der Waals surface area (Å²) in [5, 5.41) is 12.4. The van der Waals surface area contributed by atoms with Crippen molar-refractivity contribution >= 4 is 6.03 Å². The van der Waals surface area contributed by atoms with Gasteiger partial charge < -0.3 is 20.1 Å². The standard InChI is InChI=1S/C17H24N2O3/c20-10-9-19(17(21)18-14-8-11-22-12-14)16-7-3-5-13-4-1-2-6-15(13)16/h1-2,4,6,14,16,20H,3,5,7-12H2,(H,18,21). The van der Waals surface area contributed by atoms with Crippen LogP contribution in [0.2, 0.25) is 0 Å². The Bertz CT molecular complexity index is 514. The fourth-order valence-corrected chi connectivity index (χ4v) is 3.46. The van der Waals surface area contributed by atoms with Crippen LogP contribution in [0.5, 0.6) is 0 Å². The number of ether oxygens (including phenoxy) is 1. The summed E-state index contributed by atoms with van der Waals surface area (Å²) in [7, 11) is 0. The lowest BCUT2D eigenvalue weighted by atomic mass is 9.87. The van der Waals surface area contributed by atoms with Crippen LogP contribution in [0.25, 0.3) is 0 Å². The molecule has 0 spiro atoms. The van der Waals surface area contributed by atoms with Crippen molar-refractivity contribution in [2.45, 2.75) is 37.8 Å². The molecule has 5 nitrogen and oxygen atoms in total. The maximum Gasteiger partial charge on any atom is 0.318 e. The number of aryl methyl sites for hydroxylation is 1. The molecule has 2 aliphatic rings. The summed E-state index contributed by atoms with van der Waals surface area (Å²) in [6.07, 6.45) is 3.95. The zero-order chi connectivity index (χ0) is 15.4. The van der Waals surface area contributed by atoms with Crippen LogP contribution in [0, 0.1) is 0 Å². The molecule has 1 aromatic carbocycles. The number of nitrogens with zero attached hydrogens (tertiary/aromatic N) is 1. The van der Waals surface area contributed by atoms with Gasteiger partial charge in [0.25, 0.3) is 0 Å². The number of amides is 2. The summed E-state index contributed by atoms with van der Waals surface area (Å²) in [4.78, 5) is 14.4. The molecular weight excluding hydrogens is 280 g/mol. The molecule has 0 bridgehead atoms. The minimum Gasteiger partial charge on any atom is -0.395 e. The Balaban J connectivity index is 1.77. The Morgan fingerprint density at radius 1 is 1.36 bits per heavy atom. The van der Waals surface area contributed by atoms with Gasteiger partial charge in [0.1, 0.15) is 0 Å². The number of carbonyl (C=O) groups is 1. The highest BCUT2D eigenvalue weighted by Crippen LogP contribution is 2.34. The third-order valence-electron chi connectivity index (χ3n) is 4.57. The van der Waals surface area contributed by atoms with Gasteiger partial charge in [-0.1, -0.05) is 24.3 Å². The van der Waals surface area contributed by atoms with Gasteiger partial charge in [-0.05, 0) is 36.8 Å². The first kappa shape index (κ1) is 15.3. The van der Waals surface area contributed by atoms with E-state index in [-0.39, 0.29) is 24.7 Å². The molecular formula is C17H24N2O3. The number of carbonyl (C=O) groups excluding carboxylic acids is 1. The number of benzene rings is 1. The Morgan fingerprint density at radius 3 is 3.00 bits per heavy atom. The molecule has 2 N–H and O–H groups in total. The van der Waals surface area contributed by atoms with Gasteiger partial charge in [0.15, 0.2) is 0 Å². The summed E-state index contributed by atoms with van der Waals surface area (Å²) < 4.78 is 5.32. The van der Waals surface area contributed by atoms with Gasteiger partial charge >= 0.3 is 6.03 Å². The maximum atomic E-state index is 12.6. The number of nitrogens with one attached hydrogen (secondary N) is 1. The van der Waals surface area contributed by atoms with E-state index < -0.39 is 0 Å². The molecule has 1 aromatic rings. The summed E-state index contributed by atoms with van der Waals surface area (Å²) >= 11 is 0. The van der Waals surface area contributed by atoms with Crippen LogP contribution < -0.4 is 5.32 Å². The lowest BCUT2D eigenvalue weighted by Crippen LogP contribution is -2.48. The molecule has 2 atom stereocenters. The highest BCUT2D eigenvalue weighted by Gasteiger charge is 2.30. The minimum atomic E-state index is -0.0914. The van der Waals surface area contributed by atoms with Crippen LogP contribution in [0.4, 0.5) is 4.79 Å². The van der Waals surface area contributed by atoms with Gasteiger partial charge in [0, 0.05) is 13.2 Å². The molecule has 0 aromatic heterocycles. The normalized spacial score (nSPS) is 23.9. The van der Waals surface area contributed by atoms with Gasteiger partial charge in [-0.3, -0.25) is 0 Å². The van der Waals surface area contributed by atoms with Crippen LogP contribution in [-0.4, -0.2) is 48.4 Å². The first-order chi connectivity index (χ1) is 10.8. The van der Waals surface area contributed by atoms with E-state index in [1.807, 2.05) is 12.1 Å². The quantitative estimate of drug-likeness (QED) is 0.892. The van der Waals surface area contributed by atoms with Crippen LogP contribution in [0.1, 0.15) is 36.4 Å². The van der Waals surface area contributed by atoms with Crippen molar-refractivity contribution in [2.24, 2.45) is 0 Å². The van der Waals surface area contributed by atoms with E-state index in [0.717, 1.165) is 25.7 Å². The number of rotatable bonds is 4. The second kappa shape index (κ2) is 7.11. The third kappa shape index (κ3) is 3.25. The van der Waals surface area contributed by atoms with Crippen LogP contribution >= 0.6 is 0 Å². The lowest BCUT2D eigenvalue weighted by molar-refractivity contribution is 0.139. The zero-order valence-corrected chi connectivity index (χ0v) is 12.8. The predicted molar refractivity (Wildman–Crippen MR) is 83.7 cm³/mol. The molecule has 5 heteroatoms. The first-order valence-electron chi connectivity index (χ1n) is 8.13. The Hall–Kier alpha value is -1.59. The zero-order valence-electron chi connectivity index (χ0n) is 12.8. The molecule has 1 fully saturated rings. The molecule has 2 amide bonds. The Labute approximate surface area is 131 Å². The van der Waals surface area contributed by atoms with Crippen LogP contribution in [-0.2, 0) is 11.2 Å². The number of aliphatic hydroxyl groups excluding tert-OH is 1. The van der Waals surface area contributed by atoms with Gasteiger partial charge in [-0.2, -0.15) is 0 Å². The van der Waals surface area contributed by atoms with E-state index in [1.54, 1.807) is 4.90 Å². The Kier molecular flexibility index (Phi) is 4.95. The summed E-state index contributed by atoms with van der Waals surface area (Å²) in [6.45, 7) is 1.63. The molecule has 1 heterocycles. The van der Waals surface area contributed by atoms with Crippen LogP contribution in [0.15, 0.2) is 24.3 Å². The number of hydrogen-bond donors (Lipinski definition) is 2. The minimum absolute atomic E-state index is 0.0206. The molecule has 22 heavy (non-hydrogen) atoms. The number of hydrogen-bond acceptors (Lipinski definition) is 3. The van der Waals surface area contributed by atoms with E-state index in [0.29, 0.717) is 19.8 Å². The molecule has 0 saturated carbocycles. The van der Waals surface area contributed by atoms with E-state index in [4.69, 9.17) is 4.74 Å². The first-order valence-corrected chi connectivity index (χ1v) is 8.13. The largest absolute Gasteiger partial charge is 0.395 e. The van der Waals surface area contributed by atoms with Gasteiger partial charge in [-0.25, -0.2) is 4.79 Å².